The van der Waals surface area contributed by atoms with Gasteiger partial charge in [-0.15, -0.1) is 0 Å². The van der Waals surface area contributed by atoms with Gasteiger partial charge in [-0.2, -0.15) is 0 Å². The molecule has 0 fully saturated rings. The van der Waals surface area contributed by atoms with Gasteiger partial charge >= 0.3 is 0 Å². The minimum Gasteiger partial charge on any atom is -0.321 e. The summed E-state index contributed by atoms with van der Waals surface area (Å²) >= 11 is 0. The molecule has 0 unspecified atom stereocenters. The van der Waals surface area contributed by atoms with Crippen molar-refractivity contribution < 1.29 is 4.79 Å². The molecule has 0 atom stereocenters. The Morgan fingerprint density at radius 2 is 2.00 bits per heavy atom. The maximum absolute atomic E-state index is 12.2. The number of para-hydroxylation sites is 1. The lowest BCUT2D eigenvalue weighted by Gasteiger charge is -2.06. The second-order valence-electron chi connectivity index (χ2n) is 5.42. The Bertz CT molecular complexity index is 788. The Morgan fingerprint density at radius 1 is 1.10 bits per heavy atom. The van der Waals surface area contributed by atoms with Crippen LogP contribution in [0.4, 0.5) is 5.69 Å². The van der Waals surface area contributed by atoms with E-state index in [-0.39, 0.29) is 5.91 Å². The molecule has 0 spiro atoms. The van der Waals surface area contributed by atoms with Crippen molar-refractivity contribution in [1.82, 2.24) is 0 Å². The van der Waals surface area contributed by atoms with Crippen LogP contribution in [0.5, 0.6) is 0 Å². The van der Waals surface area contributed by atoms with Crippen molar-refractivity contribution in [2.24, 2.45) is 0 Å². The van der Waals surface area contributed by atoms with Crippen molar-refractivity contribution >= 4 is 17.2 Å². The summed E-state index contributed by atoms with van der Waals surface area (Å²) in [5.41, 5.74) is 6.36. The van der Waals surface area contributed by atoms with E-state index in [1.807, 2.05) is 30.3 Å². The van der Waals surface area contributed by atoms with Crippen LogP contribution in [0.1, 0.15) is 18.4 Å². The van der Waals surface area contributed by atoms with Crippen LogP contribution in [0.25, 0.3) is 5.57 Å². The molecular formula is C19H15NO. The molecule has 1 amide bonds. The van der Waals surface area contributed by atoms with Crippen LogP contribution in [0, 0.1) is 0 Å². The molecule has 1 aromatic carbocycles. The Hall–Kier alpha value is -2.61. The third kappa shape index (κ3) is 2.00. The molecule has 3 aliphatic rings. The summed E-state index contributed by atoms with van der Waals surface area (Å²) in [6.07, 6.45) is 14.9. The summed E-state index contributed by atoms with van der Waals surface area (Å²) in [5, 5.41) is 2.92. The zero-order chi connectivity index (χ0) is 14.2. The van der Waals surface area contributed by atoms with E-state index in [1.165, 1.54) is 11.1 Å². The van der Waals surface area contributed by atoms with E-state index in [9.17, 15) is 4.79 Å². The molecule has 1 N–H and O–H groups in total. The van der Waals surface area contributed by atoms with Crippen molar-refractivity contribution in [2.45, 2.75) is 12.8 Å². The summed E-state index contributed by atoms with van der Waals surface area (Å²) < 4.78 is 0. The largest absolute Gasteiger partial charge is 0.321 e. The van der Waals surface area contributed by atoms with Gasteiger partial charge in [-0.1, -0.05) is 48.6 Å². The first-order valence-corrected chi connectivity index (χ1v) is 7.24. The highest BCUT2D eigenvalue weighted by molar-refractivity contribution is 6.32. The van der Waals surface area contributed by atoms with Crippen LogP contribution >= 0.6 is 0 Å². The van der Waals surface area contributed by atoms with Crippen LogP contribution in [0.2, 0.25) is 0 Å². The first kappa shape index (κ1) is 12.2. The molecule has 0 aromatic heterocycles. The van der Waals surface area contributed by atoms with Gasteiger partial charge in [-0.05, 0) is 41.7 Å². The maximum Gasteiger partial charge on any atom is 0.256 e. The van der Waals surface area contributed by atoms with E-state index in [0.717, 1.165) is 35.2 Å². The monoisotopic (exact) mass is 273 g/mol. The number of benzene rings is 1. The number of hydrogen-bond acceptors (Lipinski definition) is 1. The summed E-state index contributed by atoms with van der Waals surface area (Å²) in [6.45, 7) is 0. The Labute approximate surface area is 123 Å². The van der Waals surface area contributed by atoms with Gasteiger partial charge in [0.25, 0.3) is 5.91 Å². The molecule has 0 saturated heterocycles. The van der Waals surface area contributed by atoms with E-state index in [2.05, 4.69) is 35.7 Å². The lowest BCUT2D eigenvalue weighted by atomic mass is 9.97. The third-order valence-electron chi connectivity index (χ3n) is 4.11. The number of fused-ring (bicyclic) bond motifs is 2. The number of carbonyl (C=O) groups excluding carboxylic acids is 1. The molecule has 0 bridgehead atoms. The van der Waals surface area contributed by atoms with Gasteiger partial charge in [0, 0.05) is 16.8 Å². The van der Waals surface area contributed by atoms with E-state index in [1.54, 1.807) is 0 Å². The maximum atomic E-state index is 12.2. The fraction of sp³-hybridized carbons (Fsp3) is 0.105. The van der Waals surface area contributed by atoms with Crippen LogP contribution < -0.4 is 5.32 Å². The Balaban J connectivity index is 1.75. The van der Waals surface area contributed by atoms with Crippen molar-refractivity contribution in [3.05, 3.63) is 83.0 Å². The number of allylic oxidation sites excluding steroid dienone is 9. The summed E-state index contributed by atoms with van der Waals surface area (Å²) in [7, 11) is 0. The number of nitrogens with one attached hydrogen (secondary N) is 1. The van der Waals surface area contributed by atoms with E-state index in [0.29, 0.717) is 0 Å². The SMILES string of the molecule is O=C1Nc2ccccc2C1=CC1=CC=C2CCC=CC=C12. The fourth-order valence-electron chi connectivity index (χ4n) is 3.04. The molecule has 2 heteroatoms. The zero-order valence-corrected chi connectivity index (χ0v) is 11.6. The van der Waals surface area contributed by atoms with Crippen molar-refractivity contribution in [1.29, 1.82) is 0 Å². The second kappa shape index (κ2) is 4.74. The zero-order valence-electron chi connectivity index (χ0n) is 11.6. The topological polar surface area (TPSA) is 29.1 Å². The molecule has 2 aliphatic carbocycles. The molecule has 2 nitrogen and oxygen atoms in total. The van der Waals surface area contributed by atoms with Gasteiger partial charge in [0.1, 0.15) is 0 Å². The number of anilines is 1. The van der Waals surface area contributed by atoms with Gasteiger partial charge in [0.05, 0.1) is 0 Å². The molecule has 1 aliphatic heterocycles. The van der Waals surface area contributed by atoms with Gasteiger partial charge in [-0.3, -0.25) is 4.79 Å². The normalized spacial score (nSPS) is 21.2. The van der Waals surface area contributed by atoms with Crippen LogP contribution in [0.15, 0.2) is 77.4 Å². The van der Waals surface area contributed by atoms with Gasteiger partial charge in [-0.25, -0.2) is 0 Å². The molecular weight excluding hydrogens is 258 g/mol. The number of rotatable bonds is 1. The Kier molecular flexibility index (Phi) is 2.74. The highest BCUT2D eigenvalue weighted by atomic mass is 16.2. The predicted molar refractivity (Wildman–Crippen MR) is 85.7 cm³/mol. The molecule has 0 radical (unpaired) electrons. The molecule has 4 rings (SSSR count). The van der Waals surface area contributed by atoms with E-state index >= 15 is 0 Å². The van der Waals surface area contributed by atoms with Crippen molar-refractivity contribution in [3.63, 3.8) is 0 Å². The Morgan fingerprint density at radius 3 is 2.95 bits per heavy atom. The molecule has 102 valence electrons. The van der Waals surface area contributed by atoms with Crippen LogP contribution in [0.3, 0.4) is 0 Å². The van der Waals surface area contributed by atoms with E-state index < -0.39 is 0 Å². The molecule has 21 heavy (non-hydrogen) atoms. The molecule has 0 saturated carbocycles. The van der Waals surface area contributed by atoms with E-state index in [4.69, 9.17) is 0 Å². The average molecular weight is 273 g/mol. The molecule has 1 heterocycles. The van der Waals surface area contributed by atoms with Gasteiger partial charge in [0.2, 0.25) is 0 Å². The highest BCUT2D eigenvalue weighted by Gasteiger charge is 2.25. The lowest BCUT2D eigenvalue weighted by molar-refractivity contribution is -0.110. The molecule has 1 aromatic rings. The first-order chi connectivity index (χ1) is 10.3. The van der Waals surface area contributed by atoms with Crippen molar-refractivity contribution in [3.8, 4) is 0 Å². The third-order valence-corrected chi connectivity index (χ3v) is 4.11. The minimum absolute atomic E-state index is 0.0182. The predicted octanol–water partition coefficient (Wildman–Crippen LogP) is 4.16. The quantitative estimate of drug-likeness (QED) is 0.765. The number of carbonyl (C=O) groups is 1. The minimum atomic E-state index is -0.0182. The van der Waals surface area contributed by atoms with Gasteiger partial charge in [0.15, 0.2) is 0 Å². The summed E-state index contributed by atoms with van der Waals surface area (Å²) in [6, 6.07) is 7.83. The lowest BCUT2D eigenvalue weighted by Crippen LogP contribution is -2.04. The number of amides is 1. The van der Waals surface area contributed by atoms with Crippen LogP contribution in [-0.2, 0) is 4.79 Å². The van der Waals surface area contributed by atoms with Crippen molar-refractivity contribution in [2.75, 3.05) is 5.32 Å². The van der Waals surface area contributed by atoms with Crippen LogP contribution in [-0.4, -0.2) is 5.91 Å². The standard InChI is InChI=1S/C19H15NO/c21-19-17(16-8-4-5-9-18(16)20-19)12-14-11-10-13-6-2-1-3-7-15(13)14/h1,3-5,7-12H,2,6H2,(H,20,21). The fourth-order valence-corrected chi connectivity index (χ4v) is 3.04. The highest BCUT2D eigenvalue weighted by Crippen LogP contribution is 2.37. The first-order valence-electron chi connectivity index (χ1n) is 7.24. The summed E-state index contributed by atoms with van der Waals surface area (Å²) in [4.78, 5) is 12.2. The average Bonchev–Trinajstić information content (AvgIpc) is 2.91. The smallest absolute Gasteiger partial charge is 0.256 e. The summed E-state index contributed by atoms with van der Waals surface area (Å²) in [5.74, 6) is -0.0182. The van der Waals surface area contributed by atoms with Gasteiger partial charge < -0.3 is 5.32 Å². The number of hydrogen-bond donors (Lipinski definition) is 1. The second-order valence-corrected chi connectivity index (χ2v) is 5.42.